The maximum atomic E-state index is 13.4. The van der Waals surface area contributed by atoms with Crippen LogP contribution >= 0.6 is 11.6 Å². The number of hydrogen-bond acceptors (Lipinski definition) is 3. The van der Waals surface area contributed by atoms with Gasteiger partial charge in [0.05, 0.1) is 19.4 Å². The average Bonchev–Trinajstić information content (AvgIpc) is 3.31. The first kappa shape index (κ1) is 23.6. The molecule has 168 valence electrons. The van der Waals surface area contributed by atoms with Crippen molar-refractivity contribution >= 4 is 23.4 Å². The number of benzene rings is 2. The van der Waals surface area contributed by atoms with Crippen LogP contribution in [0.1, 0.15) is 36.1 Å². The van der Waals surface area contributed by atoms with Gasteiger partial charge in [0.1, 0.15) is 11.1 Å². The molecule has 5 nitrogen and oxygen atoms in total. The largest absolute Gasteiger partial charge is 0.467 e. The highest BCUT2D eigenvalue weighted by molar-refractivity contribution is 6.30. The molecule has 0 bridgehead atoms. The van der Waals surface area contributed by atoms with Crippen molar-refractivity contribution in [3.05, 3.63) is 95.9 Å². The Morgan fingerprint density at radius 3 is 2.12 bits per heavy atom. The minimum absolute atomic E-state index is 0.0411. The van der Waals surface area contributed by atoms with Crippen LogP contribution in [0.3, 0.4) is 0 Å². The molecule has 3 rings (SSSR count). The van der Waals surface area contributed by atoms with E-state index in [4.69, 9.17) is 16.0 Å². The lowest BCUT2D eigenvalue weighted by Crippen LogP contribution is -2.44. The summed E-state index contributed by atoms with van der Waals surface area (Å²) in [6.07, 6.45) is 1.59. The third-order valence-corrected chi connectivity index (χ3v) is 5.47. The Bertz CT molecular complexity index is 975. The quantitative estimate of drug-likeness (QED) is 0.393. The molecule has 3 aromatic rings. The summed E-state index contributed by atoms with van der Waals surface area (Å²) >= 11 is 6.51. The van der Waals surface area contributed by atoms with Crippen LogP contribution in [-0.2, 0) is 22.7 Å². The predicted molar refractivity (Wildman–Crippen MR) is 126 cm³/mol. The van der Waals surface area contributed by atoms with Gasteiger partial charge in [0, 0.05) is 13.1 Å². The third kappa shape index (κ3) is 6.72. The molecule has 6 heteroatoms. The Labute approximate surface area is 194 Å². The maximum Gasteiger partial charge on any atom is 0.245 e. The molecule has 1 heterocycles. The van der Waals surface area contributed by atoms with Gasteiger partial charge in [0.15, 0.2) is 0 Å². The minimum atomic E-state index is -0.838. The summed E-state index contributed by atoms with van der Waals surface area (Å²) in [4.78, 5) is 29.9. The highest BCUT2D eigenvalue weighted by Gasteiger charge is 2.28. The summed E-state index contributed by atoms with van der Waals surface area (Å²) in [5.74, 6) is 0.461. The third-order valence-electron chi connectivity index (χ3n) is 5.03. The van der Waals surface area contributed by atoms with E-state index in [1.165, 1.54) is 0 Å². The van der Waals surface area contributed by atoms with Gasteiger partial charge >= 0.3 is 0 Å². The van der Waals surface area contributed by atoms with Crippen molar-refractivity contribution in [3.8, 4) is 0 Å². The SMILES string of the molecule is CC(C)CN(CC(=O)N(Cc1ccccc1)Cc1ccco1)C(=O)C(Cl)c1ccccc1. The van der Waals surface area contributed by atoms with Crippen molar-refractivity contribution in [2.75, 3.05) is 13.1 Å². The standard InChI is InChI=1S/C26H29ClN2O3/c1-20(2)16-29(26(31)25(27)22-12-7-4-8-13-22)19-24(30)28(18-23-14-9-15-32-23)17-21-10-5-3-6-11-21/h3-15,20,25H,16-19H2,1-2H3. The van der Waals surface area contributed by atoms with Gasteiger partial charge in [-0.2, -0.15) is 0 Å². The van der Waals surface area contributed by atoms with E-state index in [2.05, 4.69) is 0 Å². The molecule has 2 amide bonds. The lowest BCUT2D eigenvalue weighted by atomic mass is 10.1. The van der Waals surface area contributed by atoms with Gasteiger partial charge in [-0.15, -0.1) is 11.6 Å². The molecule has 0 saturated carbocycles. The van der Waals surface area contributed by atoms with E-state index in [0.717, 1.165) is 11.1 Å². The molecular weight excluding hydrogens is 424 g/mol. The summed E-state index contributed by atoms with van der Waals surface area (Å²) in [6, 6.07) is 22.6. The molecule has 0 aliphatic carbocycles. The zero-order chi connectivity index (χ0) is 22.9. The first-order chi connectivity index (χ1) is 15.4. The monoisotopic (exact) mass is 452 g/mol. The molecule has 0 aliphatic heterocycles. The van der Waals surface area contributed by atoms with E-state index < -0.39 is 5.38 Å². The van der Waals surface area contributed by atoms with Crippen LogP contribution in [-0.4, -0.2) is 34.7 Å². The zero-order valence-corrected chi connectivity index (χ0v) is 19.2. The molecule has 0 fully saturated rings. The fourth-order valence-electron chi connectivity index (χ4n) is 3.49. The molecule has 0 saturated heterocycles. The molecule has 1 unspecified atom stereocenters. The van der Waals surface area contributed by atoms with Gasteiger partial charge in [-0.3, -0.25) is 9.59 Å². The summed E-state index contributed by atoms with van der Waals surface area (Å²) < 4.78 is 5.47. The first-order valence-corrected chi connectivity index (χ1v) is 11.2. The molecule has 0 spiro atoms. The van der Waals surface area contributed by atoms with Crippen molar-refractivity contribution in [1.29, 1.82) is 0 Å². The highest BCUT2D eigenvalue weighted by Crippen LogP contribution is 2.23. The lowest BCUT2D eigenvalue weighted by molar-refractivity contribution is -0.141. The lowest BCUT2D eigenvalue weighted by Gasteiger charge is -2.29. The Morgan fingerprint density at radius 1 is 0.875 bits per heavy atom. The second-order valence-corrected chi connectivity index (χ2v) is 8.64. The van der Waals surface area contributed by atoms with E-state index in [-0.39, 0.29) is 24.3 Å². The van der Waals surface area contributed by atoms with Crippen molar-refractivity contribution in [3.63, 3.8) is 0 Å². The van der Waals surface area contributed by atoms with Crippen LogP contribution in [0.25, 0.3) is 0 Å². The number of hydrogen-bond donors (Lipinski definition) is 0. The van der Waals surface area contributed by atoms with E-state index in [0.29, 0.717) is 25.4 Å². The fourth-order valence-corrected chi connectivity index (χ4v) is 3.77. The number of furan rings is 1. The van der Waals surface area contributed by atoms with E-state index in [1.54, 1.807) is 22.1 Å². The Balaban J connectivity index is 1.78. The number of amides is 2. The summed E-state index contributed by atoms with van der Waals surface area (Å²) in [6.45, 7) is 5.18. The topological polar surface area (TPSA) is 53.8 Å². The summed E-state index contributed by atoms with van der Waals surface area (Å²) in [5, 5.41) is -0.838. The van der Waals surface area contributed by atoms with Gasteiger partial charge in [-0.1, -0.05) is 74.5 Å². The van der Waals surface area contributed by atoms with Crippen LogP contribution in [0.4, 0.5) is 0 Å². The molecule has 0 N–H and O–H groups in total. The van der Waals surface area contributed by atoms with Gasteiger partial charge < -0.3 is 14.2 Å². The minimum Gasteiger partial charge on any atom is -0.467 e. The van der Waals surface area contributed by atoms with Gasteiger partial charge in [-0.25, -0.2) is 0 Å². The smallest absolute Gasteiger partial charge is 0.245 e. The molecule has 1 atom stereocenters. The average molecular weight is 453 g/mol. The number of carbonyl (C=O) groups is 2. The van der Waals surface area contributed by atoms with E-state index in [1.807, 2.05) is 80.6 Å². The van der Waals surface area contributed by atoms with Crippen LogP contribution < -0.4 is 0 Å². The first-order valence-electron chi connectivity index (χ1n) is 10.8. The van der Waals surface area contributed by atoms with E-state index >= 15 is 0 Å². The molecule has 2 aromatic carbocycles. The molecular formula is C26H29ClN2O3. The Morgan fingerprint density at radius 2 is 1.53 bits per heavy atom. The summed E-state index contributed by atoms with van der Waals surface area (Å²) in [7, 11) is 0. The van der Waals surface area contributed by atoms with Gasteiger partial charge in [-0.05, 0) is 29.2 Å². The fraction of sp³-hybridized carbons (Fsp3) is 0.308. The van der Waals surface area contributed by atoms with Gasteiger partial charge in [0.2, 0.25) is 11.8 Å². The Kier molecular flexibility index (Phi) is 8.51. The van der Waals surface area contributed by atoms with Crippen LogP contribution in [0, 0.1) is 5.92 Å². The van der Waals surface area contributed by atoms with Crippen LogP contribution in [0.2, 0.25) is 0 Å². The Hall–Kier alpha value is -3.05. The number of rotatable bonds is 10. The van der Waals surface area contributed by atoms with Crippen molar-refractivity contribution in [2.45, 2.75) is 32.3 Å². The van der Waals surface area contributed by atoms with Gasteiger partial charge in [0.25, 0.3) is 0 Å². The number of nitrogens with zero attached hydrogens (tertiary/aromatic N) is 2. The molecule has 0 radical (unpaired) electrons. The highest BCUT2D eigenvalue weighted by atomic mass is 35.5. The second-order valence-electron chi connectivity index (χ2n) is 8.20. The van der Waals surface area contributed by atoms with Crippen LogP contribution in [0.5, 0.6) is 0 Å². The predicted octanol–water partition coefficient (Wildman–Crippen LogP) is 5.27. The number of carbonyl (C=O) groups excluding carboxylic acids is 2. The molecule has 0 aliphatic rings. The second kappa shape index (κ2) is 11.5. The van der Waals surface area contributed by atoms with Crippen molar-refractivity contribution in [1.82, 2.24) is 9.80 Å². The van der Waals surface area contributed by atoms with Crippen LogP contribution in [0.15, 0.2) is 83.5 Å². The summed E-state index contributed by atoms with van der Waals surface area (Å²) in [5.41, 5.74) is 1.73. The number of alkyl halides is 1. The molecule has 1 aromatic heterocycles. The number of halogens is 1. The van der Waals surface area contributed by atoms with Crippen molar-refractivity contribution < 1.29 is 14.0 Å². The van der Waals surface area contributed by atoms with E-state index in [9.17, 15) is 9.59 Å². The van der Waals surface area contributed by atoms with Crippen molar-refractivity contribution in [2.24, 2.45) is 5.92 Å². The maximum absolute atomic E-state index is 13.4. The normalized spacial score (nSPS) is 11.9. The zero-order valence-electron chi connectivity index (χ0n) is 18.5. The molecule has 32 heavy (non-hydrogen) atoms.